The zero-order valence-electron chi connectivity index (χ0n) is 13.8. The van der Waals surface area contributed by atoms with Crippen molar-refractivity contribution >= 4 is 18.4 Å². The molecule has 2 heteroatoms. The molecular weight excluding hydrogens is 339 g/mol. The molecule has 0 amide bonds. The summed E-state index contributed by atoms with van der Waals surface area (Å²) >= 11 is -1.99. The molecule has 0 fully saturated rings. The molecule has 0 heterocycles. The van der Waals surface area contributed by atoms with E-state index in [1.807, 2.05) is 0 Å². The Labute approximate surface area is 126 Å². The summed E-state index contributed by atoms with van der Waals surface area (Å²) in [5.41, 5.74) is 0. The van der Waals surface area contributed by atoms with E-state index >= 15 is 0 Å². The molecule has 114 valence electrons. The third-order valence-corrected chi connectivity index (χ3v) is 18.2. The predicted molar refractivity (Wildman–Crippen MR) is 90.5 cm³/mol. The van der Waals surface area contributed by atoms with Gasteiger partial charge in [-0.05, 0) is 0 Å². The standard InChI is InChI=1S/C5H9O.3C4H9.Sn/c1-3-5-6-4-2;3*1-3-4-2;/h1,3H,4-5H2,2H3;3*1,3-4H2,2H3;. The van der Waals surface area contributed by atoms with Crippen LogP contribution in [0.1, 0.15) is 66.2 Å². The van der Waals surface area contributed by atoms with Crippen LogP contribution >= 0.6 is 0 Å². The molecule has 0 rings (SSSR count). The van der Waals surface area contributed by atoms with Crippen LogP contribution in [0.25, 0.3) is 0 Å². The van der Waals surface area contributed by atoms with E-state index in [1.54, 1.807) is 13.3 Å². The van der Waals surface area contributed by atoms with E-state index in [0.29, 0.717) is 0 Å². The SMILES string of the molecule is CCC[CH2][Sn]([CH]=CCOCC)([CH2]CCC)[CH2]CCC. The van der Waals surface area contributed by atoms with Crippen molar-refractivity contribution in [2.75, 3.05) is 13.2 Å². The molecule has 1 nitrogen and oxygen atoms in total. The fraction of sp³-hybridized carbons (Fsp3) is 0.882. The average molecular weight is 375 g/mol. The molecule has 19 heavy (non-hydrogen) atoms. The first-order valence-corrected chi connectivity index (χ1v) is 16.2. The van der Waals surface area contributed by atoms with E-state index in [1.165, 1.54) is 38.5 Å². The first-order chi connectivity index (χ1) is 9.24. The predicted octanol–water partition coefficient (Wildman–Crippen LogP) is 5.97. The van der Waals surface area contributed by atoms with Gasteiger partial charge in [-0.15, -0.1) is 0 Å². The van der Waals surface area contributed by atoms with E-state index in [9.17, 15) is 0 Å². The van der Waals surface area contributed by atoms with E-state index in [4.69, 9.17) is 4.74 Å². The normalized spacial score (nSPS) is 12.4. The first-order valence-electron chi connectivity index (χ1n) is 8.50. The second kappa shape index (κ2) is 13.5. The molecule has 0 aromatic heterocycles. The van der Waals surface area contributed by atoms with E-state index in [0.717, 1.165) is 13.2 Å². The van der Waals surface area contributed by atoms with Crippen LogP contribution in [-0.2, 0) is 4.74 Å². The van der Waals surface area contributed by atoms with Crippen LogP contribution in [0.2, 0.25) is 13.3 Å². The van der Waals surface area contributed by atoms with Crippen LogP contribution in [0.3, 0.4) is 0 Å². The zero-order chi connectivity index (χ0) is 14.4. The van der Waals surface area contributed by atoms with Gasteiger partial charge in [0.2, 0.25) is 0 Å². The first kappa shape index (κ1) is 19.5. The van der Waals surface area contributed by atoms with Gasteiger partial charge in [-0.2, -0.15) is 0 Å². The maximum atomic E-state index is 5.49. The fourth-order valence-corrected chi connectivity index (χ4v) is 17.0. The van der Waals surface area contributed by atoms with Crippen molar-refractivity contribution in [3.05, 3.63) is 10.2 Å². The molecular formula is C17H36OSn. The van der Waals surface area contributed by atoms with Crippen LogP contribution in [0, 0.1) is 0 Å². The van der Waals surface area contributed by atoms with Gasteiger partial charge in [-0.25, -0.2) is 0 Å². The Kier molecular flexibility index (Phi) is 13.8. The van der Waals surface area contributed by atoms with Gasteiger partial charge in [-0.1, -0.05) is 0 Å². The molecule has 0 saturated carbocycles. The number of unbranched alkanes of at least 4 members (excludes halogenated alkanes) is 3. The minimum atomic E-state index is -1.99. The van der Waals surface area contributed by atoms with Crippen molar-refractivity contribution in [1.82, 2.24) is 0 Å². The Morgan fingerprint density at radius 1 is 0.789 bits per heavy atom. The van der Waals surface area contributed by atoms with Crippen molar-refractivity contribution in [3.63, 3.8) is 0 Å². The summed E-state index contributed by atoms with van der Waals surface area (Å²) in [5.74, 6) is 0. The van der Waals surface area contributed by atoms with Gasteiger partial charge < -0.3 is 0 Å². The van der Waals surface area contributed by atoms with E-state index in [-0.39, 0.29) is 0 Å². The molecule has 0 atom stereocenters. The van der Waals surface area contributed by atoms with Gasteiger partial charge in [0.25, 0.3) is 0 Å². The van der Waals surface area contributed by atoms with Gasteiger partial charge in [0.1, 0.15) is 0 Å². The van der Waals surface area contributed by atoms with Gasteiger partial charge >= 0.3 is 126 Å². The number of hydrogen-bond donors (Lipinski definition) is 0. The van der Waals surface area contributed by atoms with Gasteiger partial charge in [0.15, 0.2) is 0 Å². The van der Waals surface area contributed by atoms with Crippen LogP contribution in [0.5, 0.6) is 0 Å². The van der Waals surface area contributed by atoms with Gasteiger partial charge in [0, 0.05) is 0 Å². The van der Waals surface area contributed by atoms with Crippen LogP contribution in [0.4, 0.5) is 0 Å². The van der Waals surface area contributed by atoms with Crippen molar-refractivity contribution in [2.45, 2.75) is 79.5 Å². The Morgan fingerprint density at radius 3 is 1.63 bits per heavy atom. The monoisotopic (exact) mass is 376 g/mol. The zero-order valence-corrected chi connectivity index (χ0v) is 16.7. The topological polar surface area (TPSA) is 9.23 Å². The molecule has 0 radical (unpaired) electrons. The Bertz CT molecular complexity index is 192. The van der Waals surface area contributed by atoms with Crippen LogP contribution in [0.15, 0.2) is 10.2 Å². The average Bonchev–Trinajstić information content (AvgIpc) is 2.44. The summed E-state index contributed by atoms with van der Waals surface area (Å²) in [7, 11) is 0. The van der Waals surface area contributed by atoms with Crippen molar-refractivity contribution in [2.24, 2.45) is 0 Å². The number of rotatable bonds is 13. The Morgan fingerprint density at radius 2 is 1.26 bits per heavy atom. The van der Waals surface area contributed by atoms with Crippen LogP contribution in [-0.4, -0.2) is 31.6 Å². The summed E-state index contributed by atoms with van der Waals surface area (Å²) in [4.78, 5) is 0. The quantitative estimate of drug-likeness (QED) is 0.285. The second-order valence-electron chi connectivity index (χ2n) is 5.73. The molecule has 0 unspecified atom stereocenters. The summed E-state index contributed by atoms with van der Waals surface area (Å²) in [6, 6.07) is 0. The molecule has 0 aromatic rings. The minimum absolute atomic E-state index is 0.833. The number of hydrogen-bond acceptors (Lipinski definition) is 1. The third kappa shape index (κ3) is 9.95. The van der Waals surface area contributed by atoms with Crippen molar-refractivity contribution in [3.8, 4) is 0 Å². The van der Waals surface area contributed by atoms with E-state index in [2.05, 4.69) is 37.9 Å². The summed E-state index contributed by atoms with van der Waals surface area (Å²) in [6.07, 6.45) is 10.8. The molecule has 0 saturated heterocycles. The number of ether oxygens (including phenoxy) is 1. The fourth-order valence-electron chi connectivity index (χ4n) is 2.70. The molecule has 0 N–H and O–H groups in total. The third-order valence-electron chi connectivity index (χ3n) is 3.97. The summed E-state index contributed by atoms with van der Waals surface area (Å²) in [5, 5.41) is 0. The molecule has 0 aliphatic rings. The maximum absolute atomic E-state index is 5.49. The van der Waals surface area contributed by atoms with Crippen LogP contribution < -0.4 is 0 Å². The summed E-state index contributed by atoms with van der Waals surface area (Å²) < 4.78 is 12.9. The van der Waals surface area contributed by atoms with Gasteiger partial charge in [0.05, 0.1) is 0 Å². The summed E-state index contributed by atoms with van der Waals surface area (Å²) in [6.45, 7) is 10.8. The molecule has 0 aliphatic heterocycles. The molecule has 0 aliphatic carbocycles. The second-order valence-corrected chi connectivity index (χ2v) is 18.7. The molecule has 0 bridgehead atoms. The molecule has 0 spiro atoms. The van der Waals surface area contributed by atoms with E-state index < -0.39 is 18.4 Å². The Hall–Kier alpha value is 0.499. The van der Waals surface area contributed by atoms with Gasteiger partial charge in [-0.3, -0.25) is 0 Å². The van der Waals surface area contributed by atoms with Crippen molar-refractivity contribution < 1.29 is 4.74 Å². The van der Waals surface area contributed by atoms with Crippen molar-refractivity contribution in [1.29, 1.82) is 0 Å². The Balaban J connectivity index is 4.60. The molecule has 0 aromatic carbocycles.